The summed E-state index contributed by atoms with van der Waals surface area (Å²) >= 11 is 0. The fourth-order valence-electron chi connectivity index (χ4n) is 3.80. The summed E-state index contributed by atoms with van der Waals surface area (Å²) in [6.45, 7) is 2.04. The molecule has 1 aliphatic heterocycles. The molecule has 2 fully saturated rings. The zero-order valence-electron chi connectivity index (χ0n) is 13.0. The van der Waals surface area contributed by atoms with Crippen molar-refractivity contribution in [1.82, 2.24) is 5.32 Å². The van der Waals surface area contributed by atoms with Crippen molar-refractivity contribution in [2.45, 2.75) is 50.5 Å². The molecule has 0 bridgehead atoms. The van der Waals surface area contributed by atoms with Gasteiger partial charge in [-0.3, -0.25) is 4.79 Å². The van der Waals surface area contributed by atoms with Crippen molar-refractivity contribution in [3.05, 3.63) is 35.4 Å². The molecule has 1 atom stereocenters. The van der Waals surface area contributed by atoms with E-state index in [2.05, 4.69) is 11.4 Å². The first-order valence-corrected chi connectivity index (χ1v) is 9.82. The van der Waals surface area contributed by atoms with Crippen molar-refractivity contribution in [3.63, 3.8) is 0 Å². The van der Waals surface area contributed by atoms with Crippen LogP contribution >= 0.6 is 0 Å². The fraction of sp³-hybridized carbons (Fsp3) is 0.588. The number of aryl methyl sites for hydroxylation is 1. The Morgan fingerprint density at radius 1 is 1.27 bits per heavy atom. The second kappa shape index (κ2) is 5.69. The molecule has 0 unspecified atom stereocenters. The molecule has 1 N–H and O–H groups in total. The quantitative estimate of drug-likeness (QED) is 0.927. The molecule has 0 radical (unpaired) electrons. The van der Waals surface area contributed by atoms with Gasteiger partial charge in [0.05, 0.1) is 16.9 Å². The monoisotopic (exact) mass is 321 g/mol. The molecule has 1 aliphatic carbocycles. The SMILES string of the molecule is Cc1cccc(C2(C(=O)N[C@@H]3CCS(=O)(=O)C3)CCCC2)c1. The molecule has 3 rings (SSSR count). The van der Waals surface area contributed by atoms with Crippen molar-refractivity contribution in [3.8, 4) is 0 Å². The highest BCUT2D eigenvalue weighted by atomic mass is 32.2. The first-order valence-electron chi connectivity index (χ1n) is 8.00. The van der Waals surface area contributed by atoms with Gasteiger partial charge in [-0.15, -0.1) is 0 Å². The lowest BCUT2D eigenvalue weighted by Crippen LogP contribution is -2.47. The Kier molecular flexibility index (Phi) is 4.02. The molecule has 22 heavy (non-hydrogen) atoms. The Balaban J connectivity index is 1.83. The molecular formula is C17H23NO3S. The highest BCUT2D eigenvalue weighted by Crippen LogP contribution is 2.41. The number of carbonyl (C=O) groups is 1. The third-order valence-electron chi connectivity index (χ3n) is 5.03. The largest absolute Gasteiger partial charge is 0.352 e. The second-order valence-corrected chi connectivity index (χ2v) is 8.96. The number of carbonyl (C=O) groups excluding carboxylic acids is 1. The zero-order valence-corrected chi connectivity index (χ0v) is 13.8. The van der Waals surface area contributed by atoms with Gasteiger partial charge in [0.25, 0.3) is 0 Å². The van der Waals surface area contributed by atoms with Gasteiger partial charge in [0.15, 0.2) is 9.84 Å². The molecule has 1 saturated carbocycles. The molecule has 1 amide bonds. The van der Waals surface area contributed by atoms with E-state index in [1.54, 1.807) is 0 Å². The first kappa shape index (κ1) is 15.5. The van der Waals surface area contributed by atoms with Crippen LogP contribution < -0.4 is 5.32 Å². The third kappa shape index (κ3) is 2.91. The minimum absolute atomic E-state index is 0.0118. The van der Waals surface area contributed by atoms with E-state index in [9.17, 15) is 13.2 Å². The summed E-state index contributed by atoms with van der Waals surface area (Å²) in [4.78, 5) is 12.9. The maximum atomic E-state index is 12.9. The number of sulfone groups is 1. The van der Waals surface area contributed by atoms with Crippen LogP contribution in [0.3, 0.4) is 0 Å². The van der Waals surface area contributed by atoms with Crippen LogP contribution in [0.5, 0.6) is 0 Å². The fourth-order valence-corrected chi connectivity index (χ4v) is 5.47. The van der Waals surface area contributed by atoms with Gasteiger partial charge >= 0.3 is 0 Å². The lowest BCUT2D eigenvalue weighted by atomic mass is 9.77. The van der Waals surface area contributed by atoms with Gasteiger partial charge in [0.2, 0.25) is 5.91 Å². The van der Waals surface area contributed by atoms with Crippen LogP contribution in [0.4, 0.5) is 0 Å². The number of rotatable bonds is 3. The van der Waals surface area contributed by atoms with E-state index >= 15 is 0 Å². The van der Waals surface area contributed by atoms with E-state index in [4.69, 9.17) is 0 Å². The average molecular weight is 321 g/mol. The summed E-state index contributed by atoms with van der Waals surface area (Å²) < 4.78 is 23.2. The average Bonchev–Trinajstić information content (AvgIpc) is 3.06. The smallest absolute Gasteiger partial charge is 0.230 e. The molecule has 4 nitrogen and oxygen atoms in total. The van der Waals surface area contributed by atoms with Gasteiger partial charge in [0, 0.05) is 6.04 Å². The molecule has 1 aromatic carbocycles. The second-order valence-electron chi connectivity index (χ2n) is 6.73. The van der Waals surface area contributed by atoms with E-state index in [0.29, 0.717) is 6.42 Å². The predicted octanol–water partition coefficient (Wildman–Crippen LogP) is 2.11. The lowest BCUT2D eigenvalue weighted by molar-refractivity contribution is -0.127. The molecular weight excluding hydrogens is 298 g/mol. The summed E-state index contributed by atoms with van der Waals surface area (Å²) in [6, 6.07) is 7.94. The summed E-state index contributed by atoms with van der Waals surface area (Å²) in [6.07, 6.45) is 4.33. The van der Waals surface area contributed by atoms with Crippen LogP contribution in [0, 0.1) is 6.92 Å². The number of nitrogens with one attached hydrogen (secondary N) is 1. The van der Waals surface area contributed by atoms with Crippen LogP contribution in [-0.2, 0) is 20.0 Å². The molecule has 1 saturated heterocycles. The van der Waals surface area contributed by atoms with E-state index in [0.717, 1.165) is 36.8 Å². The van der Waals surface area contributed by atoms with Crippen molar-refractivity contribution in [1.29, 1.82) is 0 Å². The third-order valence-corrected chi connectivity index (χ3v) is 6.80. The molecule has 2 aliphatic rings. The molecule has 0 spiro atoms. The predicted molar refractivity (Wildman–Crippen MR) is 86.5 cm³/mol. The van der Waals surface area contributed by atoms with E-state index < -0.39 is 15.3 Å². The van der Waals surface area contributed by atoms with Crippen molar-refractivity contribution >= 4 is 15.7 Å². The highest BCUT2D eigenvalue weighted by Gasteiger charge is 2.44. The van der Waals surface area contributed by atoms with Crippen molar-refractivity contribution in [2.24, 2.45) is 0 Å². The maximum absolute atomic E-state index is 12.9. The number of hydrogen-bond donors (Lipinski definition) is 1. The Morgan fingerprint density at radius 3 is 2.59 bits per heavy atom. The summed E-state index contributed by atoms with van der Waals surface area (Å²) in [7, 11) is -2.97. The standard InChI is InChI=1S/C17H23NO3S/c1-13-5-4-6-14(11-13)17(8-2-3-9-17)16(19)18-15-7-10-22(20,21)12-15/h4-6,11,15H,2-3,7-10,12H2,1H3,(H,18,19)/t15-/m1/s1. The minimum Gasteiger partial charge on any atom is -0.352 e. The Labute approximate surface area is 132 Å². The first-order chi connectivity index (χ1) is 10.4. The van der Waals surface area contributed by atoms with Crippen molar-refractivity contribution in [2.75, 3.05) is 11.5 Å². The number of amides is 1. The molecule has 0 aromatic heterocycles. The van der Waals surface area contributed by atoms with E-state index in [1.807, 2.05) is 25.1 Å². The van der Waals surface area contributed by atoms with Gasteiger partial charge < -0.3 is 5.32 Å². The highest BCUT2D eigenvalue weighted by molar-refractivity contribution is 7.91. The maximum Gasteiger partial charge on any atom is 0.230 e. The van der Waals surface area contributed by atoms with Gasteiger partial charge in [-0.25, -0.2) is 8.42 Å². The van der Waals surface area contributed by atoms with Gasteiger partial charge in [-0.2, -0.15) is 0 Å². The Bertz CT molecular complexity index is 675. The normalized spacial score (nSPS) is 26.0. The van der Waals surface area contributed by atoms with Crippen molar-refractivity contribution < 1.29 is 13.2 Å². The zero-order chi connectivity index (χ0) is 15.8. The van der Waals surface area contributed by atoms with Crippen LogP contribution in [0.25, 0.3) is 0 Å². The molecule has 5 heteroatoms. The topological polar surface area (TPSA) is 63.2 Å². The van der Waals surface area contributed by atoms with Gasteiger partial charge in [-0.1, -0.05) is 42.7 Å². The van der Waals surface area contributed by atoms with Crippen LogP contribution in [-0.4, -0.2) is 31.9 Å². The Morgan fingerprint density at radius 2 is 2.00 bits per heavy atom. The van der Waals surface area contributed by atoms with Crippen LogP contribution in [0.1, 0.15) is 43.2 Å². The van der Waals surface area contributed by atoms with Gasteiger partial charge in [0.1, 0.15) is 0 Å². The Hall–Kier alpha value is -1.36. The molecule has 120 valence electrons. The van der Waals surface area contributed by atoms with Crippen LogP contribution in [0.2, 0.25) is 0 Å². The van der Waals surface area contributed by atoms with Gasteiger partial charge in [-0.05, 0) is 31.7 Å². The molecule has 1 aromatic rings. The number of benzene rings is 1. The molecule has 1 heterocycles. The summed E-state index contributed by atoms with van der Waals surface area (Å²) in [5.74, 6) is 0.288. The summed E-state index contributed by atoms with van der Waals surface area (Å²) in [5, 5.41) is 3.02. The van der Waals surface area contributed by atoms with Crippen LogP contribution in [0.15, 0.2) is 24.3 Å². The lowest BCUT2D eigenvalue weighted by Gasteiger charge is -2.30. The minimum atomic E-state index is -2.97. The van der Waals surface area contributed by atoms with E-state index in [1.165, 1.54) is 0 Å². The summed E-state index contributed by atoms with van der Waals surface area (Å²) in [5.41, 5.74) is 1.75. The number of hydrogen-bond acceptors (Lipinski definition) is 3. The van der Waals surface area contributed by atoms with E-state index in [-0.39, 0.29) is 23.5 Å².